The number of alkyl halides is 3. The van der Waals surface area contributed by atoms with E-state index in [1.54, 1.807) is 12.1 Å². The lowest BCUT2D eigenvalue weighted by Crippen LogP contribution is -2.17. The van der Waals surface area contributed by atoms with Gasteiger partial charge in [0.05, 0.1) is 19.0 Å². The van der Waals surface area contributed by atoms with Crippen molar-refractivity contribution in [1.82, 2.24) is 0 Å². The SMILES string of the molecule is COc1ccc(OC(F)(F)F)cc1C=NNc1ccccc1. The average Bonchev–Trinajstić information content (AvgIpc) is 2.47. The van der Waals surface area contributed by atoms with Crippen LogP contribution in [0.25, 0.3) is 0 Å². The Balaban J connectivity index is 2.15. The second-order valence-corrected chi connectivity index (χ2v) is 4.19. The standard InChI is InChI=1S/C15H13F3N2O2/c1-21-14-8-7-13(22-15(16,17)18)9-11(14)10-19-20-12-5-3-2-4-6-12/h2-10,20H,1H3. The van der Waals surface area contributed by atoms with E-state index in [4.69, 9.17) is 4.74 Å². The molecule has 0 aliphatic heterocycles. The molecule has 0 bridgehead atoms. The maximum Gasteiger partial charge on any atom is 0.573 e. The lowest BCUT2D eigenvalue weighted by molar-refractivity contribution is -0.274. The van der Waals surface area contributed by atoms with Gasteiger partial charge in [-0.15, -0.1) is 13.2 Å². The van der Waals surface area contributed by atoms with Crippen molar-refractivity contribution in [2.45, 2.75) is 6.36 Å². The fourth-order valence-corrected chi connectivity index (χ4v) is 1.70. The van der Waals surface area contributed by atoms with Crippen LogP contribution in [0.3, 0.4) is 0 Å². The molecule has 0 heterocycles. The van der Waals surface area contributed by atoms with E-state index < -0.39 is 6.36 Å². The monoisotopic (exact) mass is 310 g/mol. The van der Waals surface area contributed by atoms with E-state index in [9.17, 15) is 13.2 Å². The lowest BCUT2D eigenvalue weighted by atomic mass is 10.2. The van der Waals surface area contributed by atoms with Crippen molar-refractivity contribution in [3.63, 3.8) is 0 Å². The van der Waals surface area contributed by atoms with Gasteiger partial charge in [-0.3, -0.25) is 5.43 Å². The van der Waals surface area contributed by atoms with Crippen LogP contribution in [0.1, 0.15) is 5.56 Å². The minimum Gasteiger partial charge on any atom is -0.496 e. The number of hydrazone groups is 1. The van der Waals surface area contributed by atoms with E-state index in [1.807, 2.05) is 18.2 Å². The third kappa shape index (κ3) is 4.69. The maximum absolute atomic E-state index is 12.2. The molecule has 2 rings (SSSR count). The molecular weight excluding hydrogens is 297 g/mol. The maximum atomic E-state index is 12.2. The zero-order chi connectivity index (χ0) is 16.0. The predicted molar refractivity (Wildman–Crippen MR) is 77.3 cm³/mol. The van der Waals surface area contributed by atoms with Crippen LogP contribution in [0, 0.1) is 0 Å². The zero-order valence-corrected chi connectivity index (χ0v) is 11.6. The molecule has 1 N–H and O–H groups in total. The Morgan fingerprint density at radius 1 is 1.09 bits per heavy atom. The average molecular weight is 310 g/mol. The molecule has 0 saturated carbocycles. The summed E-state index contributed by atoms with van der Waals surface area (Å²) >= 11 is 0. The van der Waals surface area contributed by atoms with Crippen molar-refractivity contribution in [2.24, 2.45) is 5.10 Å². The number of methoxy groups -OCH3 is 1. The third-order valence-electron chi connectivity index (χ3n) is 2.61. The van der Waals surface area contributed by atoms with E-state index in [1.165, 1.54) is 31.5 Å². The first-order valence-electron chi connectivity index (χ1n) is 6.26. The molecule has 0 saturated heterocycles. The van der Waals surface area contributed by atoms with E-state index >= 15 is 0 Å². The van der Waals surface area contributed by atoms with Crippen LogP contribution < -0.4 is 14.9 Å². The summed E-state index contributed by atoms with van der Waals surface area (Å²) in [5, 5.41) is 3.97. The Bertz CT molecular complexity index is 643. The van der Waals surface area contributed by atoms with Crippen molar-refractivity contribution >= 4 is 11.9 Å². The van der Waals surface area contributed by atoms with Gasteiger partial charge in [-0.1, -0.05) is 18.2 Å². The van der Waals surface area contributed by atoms with Gasteiger partial charge in [0.25, 0.3) is 0 Å². The molecule has 0 aliphatic rings. The Morgan fingerprint density at radius 2 is 1.82 bits per heavy atom. The number of para-hydroxylation sites is 1. The predicted octanol–water partition coefficient (Wildman–Crippen LogP) is 4.04. The van der Waals surface area contributed by atoms with Gasteiger partial charge in [-0.2, -0.15) is 5.10 Å². The van der Waals surface area contributed by atoms with Crippen LogP contribution in [0.4, 0.5) is 18.9 Å². The topological polar surface area (TPSA) is 42.9 Å². The fourth-order valence-electron chi connectivity index (χ4n) is 1.70. The zero-order valence-electron chi connectivity index (χ0n) is 11.6. The first-order chi connectivity index (χ1) is 10.5. The minimum absolute atomic E-state index is 0.338. The van der Waals surface area contributed by atoms with Crippen molar-refractivity contribution in [2.75, 3.05) is 12.5 Å². The van der Waals surface area contributed by atoms with Gasteiger partial charge < -0.3 is 9.47 Å². The van der Waals surface area contributed by atoms with E-state index in [2.05, 4.69) is 15.3 Å². The number of hydrogen-bond acceptors (Lipinski definition) is 4. The number of rotatable bonds is 5. The van der Waals surface area contributed by atoms with Crippen LogP contribution in [-0.2, 0) is 0 Å². The first-order valence-corrected chi connectivity index (χ1v) is 6.26. The summed E-state index contributed by atoms with van der Waals surface area (Å²) in [6, 6.07) is 12.9. The molecule has 0 atom stereocenters. The first kappa shape index (κ1) is 15.7. The van der Waals surface area contributed by atoms with Crippen LogP contribution >= 0.6 is 0 Å². The minimum atomic E-state index is -4.74. The summed E-state index contributed by atoms with van der Waals surface area (Å²) in [6.45, 7) is 0. The quantitative estimate of drug-likeness (QED) is 0.669. The lowest BCUT2D eigenvalue weighted by Gasteiger charge is -2.11. The fraction of sp³-hybridized carbons (Fsp3) is 0.133. The highest BCUT2D eigenvalue weighted by atomic mass is 19.4. The van der Waals surface area contributed by atoms with Crippen LogP contribution in [0.2, 0.25) is 0 Å². The summed E-state index contributed by atoms with van der Waals surface area (Å²) in [6.07, 6.45) is -3.39. The second kappa shape index (κ2) is 6.84. The Kier molecular flexibility index (Phi) is 4.88. The highest BCUT2D eigenvalue weighted by molar-refractivity contribution is 5.84. The van der Waals surface area contributed by atoms with E-state index in [0.29, 0.717) is 11.3 Å². The van der Waals surface area contributed by atoms with Gasteiger partial charge in [0, 0.05) is 5.56 Å². The highest BCUT2D eigenvalue weighted by Gasteiger charge is 2.31. The Morgan fingerprint density at radius 3 is 2.45 bits per heavy atom. The number of anilines is 1. The highest BCUT2D eigenvalue weighted by Crippen LogP contribution is 2.27. The summed E-state index contributed by atoms with van der Waals surface area (Å²) in [4.78, 5) is 0. The molecule has 22 heavy (non-hydrogen) atoms. The molecule has 7 heteroatoms. The normalized spacial score (nSPS) is 11.5. The van der Waals surface area contributed by atoms with Gasteiger partial charge in [0.1, 0.15) is 11.5 Å². The van der Waals surface area contributed by atoms with Gasteiger partial charge in [-0.25, -0.2) is 0 Å². The molecule has 0 fully saturated rings. The molecule has 0 radical (unpaired) electrons. The molecule has 0 unspecified atom stereocenters. The van der Waals surface area contributed by atoms with Gasteiger partial charge in [0.2, 0.25) is 0 Å². The molecule has 0 aromatic heterocycles. The smallest absolute Gasteiger partial charge is 0.496 e. The molecule has 0 spiro atoms. The van der Waals surface area contributed by atoms with E-state index in [0.717, 1.165) is 5.69 Å². The number of nitrogens with one attached hydrogen (secondary N) is 1. The summed E-state index contributed by atoms with van der Waals surface area (Å²) in [7, 11) is 1.42. The van der Waals surface area contributed by atoms with E-state index in [-0.39, 0.29) is 5.75 Å². The third-order valence-corrected chi connectivity index (χ3v) is 2.61. The number of halogens is 3. The summed E-state index contributed by atoms with van der Waals surface area (Å²) < 4.78 is 45.6. The van der Waals surface area contributed by atoms with Gasteiger partial charge >= 0.3 is 6.36 Å². The molecule has 4 nitrogen and oxygen atoms in total. The number of ether oxygens (including phenoxy) is 2. The number of hydrogen-bond donors (Lipinski definition) is 1. The molecule has 0 aliphatic carbocycles. The summed E-state index contributed by atoms with van der Waals surface area (Å²) in [5.74, 6) is 0.0441. The van der Waals surface area contributed by atoms with Crippen molar-refractivity contribution in [3.05, 3.63) is 54.1 Å². The summed E-state index contributed by atoms with van der Waals surface area (Å²) in [5.41, 5.74) is 3.87. The largest absolute Gasteiger partial charge is 0.573 e. The number of nitrogens with zero attached hydrogens (tertiary/aromatic N) is 1. The number of benzene rings is 2. The van der Waals surface area contributed by atoms with Crippen LogP contribution in [0.15, 0.2) is 53.6 Å². The van der Waals surface area contributed by atoms with Crippen molar-refractivity contribution < 1.29 is 22.6 Å². The van der Waals surface area contributed by atoms with Crippen molar-refractivity contribution in [1.29, 1.82) is 0 Å². The Labute approximate surface area is 125 Å². The molecular formula is C15H13F3N2O2. The molecule has 0 amide bonds. The Hall–Kier alpha value is -2.70. The second-order valence-electron chi connectivity index (χ2n) is 4.19. The van der Waals surface area contributed by atoms with Crippen molar-refractivity contribution in [3.8, 4) is 11.5 Å². The molecule has 2 aromatic rings. The van der Waals surface area contributed by atoms with Gasteiger partial charge in [0.15, 0.2) is 0 Å². The van der Waals surface area contributed by atoms with Gasteiger partial charge in [-0.05, 0) is 30.3 Å². The van der Waals surface area contributed by atoms with Crippen LogP contribution in [0.5, 0.6) is 11.5 Å². The molecule has 2 aromatic carbocycles. The van der Waals surface area contributed by atoms with Crippen LogP contribution in [-0.4, -0.2) is 19.7 Å². The molecule has 116 valence electrons.